The fourth-order valence-electron chi connectivity index (χ4n) is 3.19. The number of fused-ring (bicyclic) bond motifs is 1. The molecule has 0 bridgehead atoms. The molecule has 0 spiro atoms. The molecule has 0 amide bonds. The predicted molar refractivity (Wildman–Crippen MR) is 55.3 cm³/mol. The van der Waals surface area contributed by atoms with Crippen LogP contribution in [0.2, 0.25) is 0 Å². The van der Waals surface area contributed by atoms with Gasteiger partial charge in [0.2, 0.25) is 0 Å². The van der Waals surface area contributed by atoms with Crippen LogP contribution in [0.25, 0.3) is 0 Å². The molecule has 0 radical (unpaired) electrons. The van der Waals surface area contributed by atoms with E-state index in [0.29, 0.717) is 0 Å². The lowest BCUT2D eigenvalue weighted by atomic mass is 9.71. The summed E-state index contributed by atoms with van der Waals surface area (Å²) >= 11 is 0. The first kappa shape index (κ1) is 10.1. The summed E-state index contributed by atoms with van der Waals surface area (Å²) < 4.78 is 0. The van der Waals surface area contributed by atoms with E-state index in [1.54, 1.807) is 0 Å². The normalized spacial score (nSPS) is 45.0. The molecule has 2 saturated carbocycles. The van der Waals surface area contributed by atoms with Gasteiger partial charge in [-0.15, -0.1) is 0 Å². The lowest BCUT2D eigenvalue weighted by molar-refractivity contribution is 0.157. The highest BCUT2D eigenvalue weighted by atomic mass is 14.6. The summed E-state index contributed by atoms with van der Waals surface area (Å²) in [7, 11) is 0. The lowest BCUT2D eigenvalue weighted by Crippen LogP contribution is -2.25. The summed E-state index contributed by atoms with van der Waals surface area (Å²) in [4.78, 5) is 0. The Labute approximate surface area is 77.7 Å². The Morgan fingerprint density at radius 2 is 0.917 bits per heavy atom. The fraction of sp³-hybridized carbons (Fsp3) is 1.00. The molecule has 0 aliphatic heterocycles. The van der Waals surface area contributed by atoms with E-state index in [2.05, 4.69) is 13.8 Å². The maximum atomic E-state index is 2.51. The highest BCUT2D eigenvalue weighted by Crippen LogP contribution is 2.62. The van der Waals surface area contributed by atoms with Gasteiger partial charge in [0.1, 0.15) is 0 Å². The van der Waals surface area contributed by atoms with Gasteiger partial charge in [-0.3, -0.25) is 0 Å². The van der Waals surface area contributed by atoms with E-state index in [1.807, 2.05) is 13.8 Å². The number of hydrogen-bond acceptors (Lipinski definition) is 0. The minimum absolute atomic E-state index is 0.743. The van der Waals surface area contributed by atoms with Crippen molar-refractivity contribution >= 4 is 0 Å². The Hall–Kier alpha value is 0. The zero-order chi connectivity index (χ0) is 9.24. The first-order valence-electron chi connectivity index (χ1n) is 5.66. The second-order valence-corrected chi connectivity index (χ2v) is 4.83. The summed E-state index contributed by atoms with van der Waals surface area (Å²) in [6, 6.07) is 0. The summed E-state index contributed by atoms with van der Waals surface area (Å²) in [5.41, 5.74) is 1.49. The van der Waals surface area contributed by atoms with Crippen LogP contribution in [0.1, 0.15) is 66.2 Å². The second kappa shape index (κ2) is 3.40. The van der Waals surface area contributed by atoms with Crippen molar-refractivity contribution in [3.05, 3.63) is 0 Å². The van der Waals surface area contributed by atoms with E-state index in [0.717, 1.165) is 10.8 Å². The molecule has 72 valence electrons. The zero-order valence-electron chi connectivity index (χ0n) is 9.24. The molecule has 0 heteroatoms. The third-order valence-corrected chi connectivity index (χ3v) is 4.37. The van der Waals surface area contributed by atoms with Crippen molar-refractivity contribution in [1.29, 1.82) is 0 Å². The van der Waals surface area contributed by atoms with Crippen LogP contribution in [0, 0.1) is 10.8 Å². The monoisotopic (exact) mass is 168 g/mol. The van der Waals surface area contributed by atoms with Crippen molar-refractivity contribution in [2.75, 3.05) is 0 Å². The third kappa shape index (κ3) is 1.30. The van der Waals surface area contributed by atoms with Crippen molar-refractivity contribution in [3.63, 3.8) is 0 Å². The summed E-state index contributed by atoms with van der Waals surface area (Å²) in [5.74, 6) is 0. The Kier molecular flexibility index (Phi) is 2.85. The molecule has 0 aromatic heterocycles. The summed E-state index contributed by atoms with van der Waals surface area (Å²) in [6.07, 6.45) is 9.00. The molecule has 2 rings (SSSR count). The molecule has 0 saturated heterocycles. The summed E-state index contributed by atoms with van der Waals surface area (Å²) in [6.45, 7) is 9.01. The number of rotatable bonds is 0. The van der Waals surface area contributed by atoms with Gasteiger partial charge >= 0.3 is 0 Å². The van der Waals surface area contributed by atoms with Gasteiger partial charge in [-0.2, -0.15) is 0 Å². The SMILES string of the molecule is CC.CC12CCCC1(C)CCC2. The molecule has 0 nitrogen and oxygen atoms in total. The predicted octanol–water partition coefficient (Wildman–Crippen LogP) is 4.39. The van der Waals surface area contributed by atoms with Crippen molar-refractivity contribution in [3.8, 4) is 0 Å². The van der Waals surface area contributed by atoms with E-state index in [4.69, 9.17) is 0 Å². The Balaban J connectivity index is 0.000000336. The maximum Gasteiger partial charge on any atom is -0.0272 e. The molecule has 2 aliphatic rings. The first-order valence-corrected chi connectivity index (χ1v) is 5.66. The van der Waals surface area contributed by atoms with E-state index in [-0.39, 0.29) is 0 Å². The lowest BCUT2D eigenvalue weighted by Gasteiger charge is -2.34. The van der Waals surface area contributed by atoms with Crippen molar-refractivity contribution in [2.45, 2.75) is 66.2 Å². The van der Waals surface area contributed by atoms with Gasteiger partial charge in [0, 0.05) is 0 Å². The van der Waals surface area contributed by atoms with Crippen LogP contribution in [-0.2, 0) is 0 Å². The van der Waals surface area contributed by atoms with Crippen LogP contribution >= 0.6 is 0 Å². The van der Waals surface area contributed by atoms with Gasteiger partial charge in [0.15, 0.2) is 0 Å². The van der Waals surface area contributed by atoms with Gasteiger partial charge < -0.3 is 0 Å². The average molecular weight is 168 g/mol. The highest BCUT2D eigenvalue weighted by Gasteiger charge is 2.50. The zero-order valence-corrected chi connectivity index (χ0v) is 9.24. The molecule has 2 fully saturated rings. The Morgan fingerprint density at radius 1 is 0.667 bits per heavy atom. The molecule has 12 heavy (non-hydrogen) atoms. The first-order chi connectivity index (χ1) is 5.66. The molecular weight excluding hydrogens is 144 g/mol. The minimum atomic E-state index is 0.743. The third-order valence-electron chi connectivity index (χ3n) is 4.37. The van der Waals surface area contributed by atoms with Gasteiger partial charge in [-0.25, -0.2) is 0 Å². The Bertz CT molecular complexity index is 120. The van der Waals surface area contributed by atoms with Crippen molar-refractivity contribution in [2.24, 2.45) is 10.8 Å². The largest absolute Gasteiger partial charge is 0.0683 e. The highest BCUT2D eigenvalue weighted by molar-refractivity contribution is 5.01. The van der Waals surface area contributed by atoms with Crippen LogP contribution < -0.4 is 0 Å². The molecule has 2 aliphatic carbocycles. The van der Waals surface area contributed by atoms with Crippen LogP contribution in [-0.4, -0.2) is 0 Å². The van der Waals surface area contributed by atoms with Crippen LogP contribution in [0.15, 0.2) is 0 Å². The number of hydrogen-bond donors (Lipinski definition) is 0. The minimum Gasteiger partial charge on any atom is -0.0683 e. The van der Waals surface area contributed by atoms with E-state index >= 15 is 0 Å². The summed E-state index contributed by atoms with van der Waals surface area (Å²) in [5, 5.41) is 0. The van der Waals surface area contributed by atoms with Gasteiger partial charge in [-0.1, -0.05) is 40.5 Å². The van der Waals surface area contributed by atoms with E-state index in [1.165, 1.54) is 38.5 Å². The van der Waals surface area contributed by atoms with Crippen molar-refractivity contribution in [1.82, 2.24) is 0 Å². The molecule has 0 atom stereocenters. The van der Waals surface area contributed by atoms with Crippen LogP contribution in [0.5, 0.6) is 0 Å². The Morgan fingerprint density at radius 3 is 1.17 bits per heavy atom. The van der Waals surface area contributed by atoms with Crippen molar-refractivity contribution < 1.29 is 0 Å². The molecule has 0 aromatic rings. The van der Waals surface area contributed by atoms with Crippen LogP contribution in [0.4, 0.5) is 0 Å². The molecule has 0 heterocycles. The standard InChI is InChI=1S/C10H18.C2H6/c1-9-5-3-7-10(9,2)8-4-6-9;1-2/h3-8H2,1-2H3;1-2H3. The smallest absolute Gasteiger partial charge is 0.0272 e. The van der Waals surface area contributed by atoms with Gasteiger partial charge in [0.25, 0.3) is 0 Å². The maximum absolute atomic E-state index is 2.51. The fourth-order valence-corrected chi connectivity index (χ4v) is 3.19. The quantitative estimate of drug-likeness (QED) is 0.503. The van der Waals surface area contributed by atoms with Gasteiger partial charge in [-0.05, 0) is 36.5 Å². The molecule has 0 N–H and O–H groups in total. The van der Waals surface area contributed by atoms with Gasteiger partial charge in [0.05, 0.1) is 0 Å². The molecule has 0 aromatic carbocycles. The van der Waals surface area contributed by atoms with E-state index < -0.39 is 0 Å². The van der Waals surface area contributed by atoms with E-state index in [9.17, 15) is 0 Å². The second-order valence-electron chi connectivity index (χ2n) is 4.83. The molecular formula is C12H24. The topological polar surface area (TPSA) is 0 Å². The molecule has 0 unspecified atom stereocenters. The van der Waals surface area contributed by atoms with Crippen LogP contribution in [0.3, 0.4) is 0 Å². The average Bonchev–Trinajstić information content (AvgIpc) is 2.45.